The van der Waals surface area contributed by atoms with Crippen LogP contribution in [0.15, 0.2) is 18.5 Å². The average Bonchev–Trinajstić information content (AvgIpc) is 2.75. The molecule has 0 aliphatic heterocycles. The van der Waals surface area contributed by atoms with Gasteiger partial charge < -0.3 is 10.1 Å². The molecule has 0 saturated carbocycles. The highest BCUT2D eigenvalue weighted by molar-refractivity contribution is 5.74. The third-order valence-corrected chi connectivity index (χ3v) is 2.13. The molecule has 15 heavy (non-hydrogen) atoms. The van der Waals surface area contributed by atoms with Crippen molar-refractivity contribution in [3.63, 3.8) is 0 Å². The van der Waals surface area contributed by atoms with Crippen LogP contribution in [-0.2, 0) is 16.1 Å². The molecule has 0 radical (unpaired) electrons. The van der Waals surface area contributed by atoms with Crippen molar-refractivity contribution in [3.8, 4) is 0 Å². The topological polar surface area (TPSA) is 56.1 Å². The first-order chi connectivity index (χ1) is 7.24. The third-order valence-electron chi connectivity index (χ3n) is 2.13. The summed E-state index contributed by atoms with van der Waals surface area (Å²) < 4.78 is 6.46. The smallest absolute Gasteiger partial charge is 0.322 e. The van der Waals surface area contributed by atoms with E-state index >= 15 is 0 Å². The molecule has 0 spiro atoms. The maximum atomic E-state index is 11.0. The highest BCUT2D eigenvalue weighted by Gasteiger charge is 2.10. The Bertz CT molecular complexity index is 285. The van der Waals surface area contributed by atoms with Crippen molar-refractivity contribution in [2.75, 3.05) is 13.7 Å². The predicted octanol–water partition coefficient (Wildman–Crippen LogP) is 0.424. The zero-order valence-corrected chi connectivity index (χ0v) is 9.14. The average molecular weight is 211 g/mol. The quantitative estimate of drug-likeness (QED) is 0.547. The van der Waals surface area contributed by atoms with Crippen molar-refractivity contribution in [2.24, 2.45) is 0 Å². The second kappa shape index (κ2) is 6.19. The number of nitrogens with zero attached hydrogens (tertiary/aromatic N) is 2. The lowest BCUT2D eigenvalue weighted by atomic mass is 10.3. The molecule has 5 heteroatoms. The van der Waals surface area contributed by atoms with Crippen LogP contribution in [0.3, 0.4) is 0 Å². The van der Waals surface area contributed by atoms with E-state index in [4.69, 9.17) is 0 Å². The van der Waals surface area contributed by atoms with Crippen LogP contribution in [0.5, 0.6) is 0 Å². The third kappa shape index (κ3) is 4.12. The van der Waals surface area contributed by atoms with E-state index in [0.29, 0.717) is 0 Å². The Morgan fingerprint density at radius 3 is 3.07 bits per heavy atom. The molecule has 1 N–H and O–H groups in total. The van der Waals surface area contributed by atoms with E-state index in [2.05, 4.69) is 15.2 Å². The van der Waals surface area contributed by atoms with E-state index in [-0.39, 0.29) is 12.0 Å². The van der Waals surface area contributed by atoms with Crippen LogP contribution in [0.2, 0.25) is 0 Å². The highest BCUT2D eigenvalue weighted by atomic mass is 16.5. The van der Waals surface area contributed by atoms with Gasteiger partial charge in [0.1, 0.15) is 6.04 Å². The van der Waals surface area contributed by atoms with Crippen LogP contribution in [0.4, 0.5) is 0 Å². The number of ether oxygens (including phenoxy) is 1. The van der Waals surface area contributed by atoms with E-state index < -0.39 is 0 Å². The molecule has 1 rings (SSSR count). The molecule has 5 nitrogen and oxygen atoms in total. The van der Waals surface area contributed by atoms with E-state index in [1.165, 1.54) is 7.11 Å². The summed E-state index contributed by atoms with van der Waals surface area (Å²) in [6, 6.07) is 1.65. The second-order valence-electron chi connectivity index (χ2n) is 3.32. The molecule has 0 aliphatic carbocycles. The van der Waals surface area contributed by atoms with Crippen molar-refractivity contribution in [1.29, 1.82) is 0 Å². The highest BCUT2D eigenvalue weighted by Crippen LogP contribution is 1.90. The maximum absolute atomic E-state index is 11.0. The van der Waals surface area contributed by atoms with Gasteiger partial charge in [0.2, 0.25) is 0 Å². The van der Waals surface area contributed by atoms with Crippen LogP contribution in [0.25, 0.3) is 0 Å². The van der Waals surface area contributed by atoms with Gasteiger partial charge in [-0.2, -0.15) is 5.10 Å². The molecule has 0 aliphatic rings. The first-order valence-electron chi connectivity index (χ1n) is 5.02. The summed E-state index contributed by atoms with van der Waals surface area (Å²) in [5.41, 5.74) is 0. The molecule has 1 aromatic heterocycles. The largest absolute Gasteiger partial charge is 0.468 e. The molecule has 0 bridgehead atoms. The molecule has 1 heterocycles. The molecule has 1 unspecified atom stereocenters. The number of carbonyl (C=O) groups is 1. The summed E-state index contributed by atoms with van der Waals surface area (Å²) in [7, 11) is 1.39. The number of carbonyl (C=O) groups excluding carboxylic acids is 1. The first kappa shape index (κ1) is 11.7. The molecule has 0 saturated heterocycles. The molecular weight excluding hydrogens is 194 g/mol. The number of aryl methyl sites for hydroxylation is 1. The van der Waals surface area contributed by atoms with Crippen LogP contribution in [-0.4, -0.2) is 35.4 Å². The minimum Gasteiger partial charge on any atom is -0.468 e. The standard InChI is InChI=1S/C10H17N3O2/c1-9(10(14)15-2)11-5-3-7-13-8-4-6-12-13/h4,6,8-9,11H,3,5,7H2,1-2H3. The molecule has 0 aromatic carbocycles. The number of methoxy groups -OCH3 is 1. The number of nitrogens with one attached hydrogen (secondary N) is 1. The van der Waals surface area contributed by atoms with Crippen molar-refractivity contribution >= 4 is 5.97 Å². The summed E-state index contributed by atoms with van der Waals surface area (Å²) in [6.45, 7) is 3.42. The number of hydrogen-bond donors (Lipinski definition) is 1. The Hall–Kier alpha value is -1.36. The SMILES string of the molecule is COC(=O)C(C)NCCCn1cccn1. The van der Waals surface area contributed by atoms with Gasteiger partial charge in [0, 0.05) is 18.9 Å². The number of rotatable bonds is 6. The van der Waals surface area contributed by atoms with Crippen LogP contribution in [0, 0.1) is 0 Å². The van der Waals surface area contributed by atoms with Gasteiger partial charge in [-0.25, -0.2) is 0 Å². The van der Waals surface area contributed by atoms with E-state index in [1.807, 2.05) is 16.9 Å². The predicted molar refractivity (Wildman–Crippen MR) is 56.3 cm³/mol. The Kier molecular flexibility index (Phi) is 4.83. The zero-order chi connectivity index (χ0) is 11.1. The van der Waals surface area contributed by atoms with E-state index in [0.717, 1.165) is 19.5 Å². The van der Waals surface area contributed by atoms with E-state index in [9.17, 15) is 4.79 Å². The molecule has 0 fully saturated rings. The fraction of sp³-hybridized carbons (Fsp3) is 0.600. The van der Waals surface area contributed by atoms with Crippen molar-refractivity contribution in [1.82, 2.24) is 15.1 Å². The van der Waals surface area contributed by atoms with Gasteiger partial charge in [-0.15, -0.1) is 0 Å². The molecule has 0 amide bonds. The maximum Gasteiger partial charge on any atom is 0.322 e. The zero-order valence-electron chi connectivity index (χ0n) is 9.14. The number of esters is 1. The van der Waals surface area contributed by atoms with Gasteiger partial charge in [-0.3, -0.25) is 9.48 Å². The second-order valence-corrected chi connectivity index (χ2v) is 3.32. The molecule has 84 valence electrons. The van der Waals surface area contributed by atoms with Crippen molar-refractivity contribution < 1.29 is 9.53 Å². The minimum atomic E-state index is -0.243. The van der Waals surface area contributed by atoms with Crippen molar-refractivity contribution in [3.05, 3.63) is 18.5 Å². The summed E-state index contributed by atoms with van der Waals surface area (Å²) >= 11 is 0. The number of aromatic nitrogens is 2. The minimum absolute atomic E-state index is 0.228. The summed E-state index contributed by atoms with van der Waals surface area (Å²) in [5, 5.41) is 7.16. The lowest BCUT2D eigenvalue weighted by Gasteiger charge is -2.10. The lowest BCUT2D eigenvalue weighted by Crippen LogP contribution is -2.35. The fourth-order valence-corrected chi connectivity index (χ4v) is 1.25. The van der Waals surface area contributed by atoms with Gasteiger partial charge in [-0.1, -0.05) is 0 Å². The molecular formula is C10H17N3O2. The fourth-order valence-electron chi connectivity index (χ4n) is 1.25. The van der Waals surface area contributed by atoms with Crippen LogP contribution in [0.1, 0.15) is 13.3 Å². The van der Waals surface area contributed by atoms with Crippen molar-refractivity contribution in [2.45, 2.75) is 25.9 Å². The number of hydrogen-bond acceptors (Lipinski definition) is 4. The summed E-state index contributed by atoms with van der Waals surface area (Å²) in [4.78, 5) is 11.0. The summed E-state index contributed by atoms with van der Waals surface area (Å²) in [5.74, 6) is -0.228. The summed E-state index contributed by atoms with van der Waals surface area (Å²) in [6.07, 6.45) is 4.61. The Morgan fingerprint density at radius 1 is 1.67 bits per heavy atom. The van der Waals surface area contributed by atoms with Gasteiger partial charge in [-0.05, 0) is 26.0 Å². The Labute approximate surface area is 89.4 Å². The Morgan fingerprint density at radius 2 is 2.47 bits per heavy atom. The molecule has 1 aromatic rings. The van der Waals surface area contributed by atoms with Gasteiger partial charge in [0.25, 0.3) is 0 Å². The van der Waals surface area contributed by atoms with Gasteiger partial charge in [0.15, 0.2) is 0 Å². The molecule has 1 atom stereocenters. The van der Waals surface area contributed by atoms with Gasteiger partial charge >= 0.3 is 5.97 Å². The first-order valence-corrected chi connectivity index (χ1v) is 5.02. The van der Waals surface area contributed by atoms with E-state index in [1.54, 1.807) is 13.1 Å². The normalized spacial score (nSPS) is 12.4. The van der Waals surface area contributed by atoms with Gasteiger partial charge in [0.05, 0.1) is 7.11 Å². The van der Waals surface area contributed by atoms with Crippen LogP contribution >= 0.6 is 0 Å². The monoisotopic (exact) mass is 211 g/mol. The van der Waals surface area contributed by atoms with Crippen LogP contribution < -0.4 is 5.32 Å². The Balaban J connectivity index is 2.09. The lowest BCUT2D eigenvalue weighted by molar-refractivity contribution is -0.142.